The lowest BCUT2D eigenvalue weighted by molar-refractivity contribution is -0.146. The lowest BCUT2D eigenvalue weighted by atomic mass is 9.88. The van der Waals surface area contributed by atoms with Gasteiger partial charge in [-0.3, -0.25) is 14.8 Å². The van der Waals surface area contributed by atoms with Crippen molar-refractivity contribution in [1.29, 1.82) is 0 Å². The molecule has 6 nitrogen and oxygen atoms in total. The van der Waals surface area contributed by atoms with E-state index in [1.54, 1.807) is 31.7 Å². The van der Waals surface area contributed by atoms with Gasteiger partial charge < -0.3 is 14.4 Å². The molecule has 0 spiro atoms. The van der Waals surface area contributed by atoms with Gasteiger partial charge in [0.25, 0.3) is 0 Å². The maximum absolute atomic E-state index is 13.4. The summed E-state index contributed by atoms with van der Waals surface area (Å²) in [5.74, 6) is -0.478. The molecule has 3 heterocycles. The minimum absolute atomic E-state index is 0.120. The number of pyridine rings is 2. The van der Waals surface area contributed by atoms with Crippen molar-refractivity contribution >= 4 is 28.6 Å². The summed E-state index contributed by atoms with van der Waals surface area (Å²) >= 11 is 1.75. The minimum Gasteiger partial charge on any atom is -0.487 e. The number of aromatic nitrogens is 3. The second-order valence-corrected chi connectivity index (χ2v) is 15.0. The number of aliphatic carboxylic acids is 1. The van der Waals surface area contributed by atoms with Crippen LogP contribution < -0.4 is 4.74 Å². The molecule has 5 rings (SSSR count). The second-order valence-electron chi connectivity index (χ2n) is 13.2. The van der Waals surface area contributed by atoms with E-state index in [9.17, 15) is 14.3 Å². The van der Waals surface area contributed by atoms with Crippen LogP contribution in [-0.4, -0.2) is 30.4 Å². The average Bonchev–Trinajstić information content (AvgIpc) is 3.23. The van der Waals surface area contributed by atoms with Gasteiger partial charge in [0.1, 0.15) is 18.2 Å². The quantitative estimate of drug-likeness (QED) is 0.156. The average molecular weight is 626 g/mol. The topological polar surface area (TPSA) is 77.2 Å². The standard InChI is InChI=1S/C37H40FN3O3S/c1-23-8-14-28(40-24(23)2)22-44-29-15-17-32-30(18-29)34(45-36(3,4)5)33(19-37(6,7)35(42)43)41(32)21-25-9-11-26(12-10-25)31-16-13-27(38)20-39-31/h8-18,20H,19,21-22H2,1-7H3,(H,42,43). The summed E-state index contributed by atoms with van der Waals surface area (Å²) in [6.45, 7) is 15.0. The van der Waals surface area contributed by atoms with Gasteiger partial charge in [-0.15, -0.1) is 11.8 Å². The molecule has 0 radical (unpaired) electrons. The summed E-state index contributed by atoms with van der Waals surface area (Å²) in [7, 11) is 0. The Bertz CT molecular complexity index is 1840. The van der Waals surface area contributed by atoms with Crippen LogP contribution in [0.1, 0.15) is 62.8 Å². The second kappa shape index (κ2) is 12.7. The third-order valence-corrected chi connectivity index (χ3v) is 9.07. The molecule has 5 aromatic rings. The summed E-state index contributed by atoms with van der Waals surface area (Å²) in [5.41, 5.74) is 6.66. The van der Waals surface area contributed by atoms with Crippen molar-refractivity contribution in [3.8, 4) is 17.0 Å². The molecule has 0 saturated heterocycles. The Morgan fingerprint density at radius 1 is 0.978 bits per heavy atom. The van der Waals surface area contributed by atoms with Crippen LogP contribution in [0.25, 0.3) is 22.2 Å². The van der Waals surface area contributed by atoms with Crippen molar-refractivity contribution in [3.63, 3.8) is 0 Å². The number of aryl methyl sites for hydroxylation is 2. The highest BCUT2D eigenvalue weighted by atomic mass is 32.2. The molecule has 0 aliphatic heterocycles. The number of carbonyl (C=O) groups is 1. The fourth-order valence-electron chi connectivity index (χ4n) is 5.15. The van der Waals surface area contributed by atoms with Crippen molar-refractivity contribution in [3.05, 3.63) is 107 Å². The molecule has 0 bridgehead atoms. The Morgan fingerprint density at radius 2 is 1.71 bits per heavy atom. The van der Waals surface area contributed by atoms with Crippen molar-refractivity contribution in [2.45, 2.75) is 77.7 Å². The van der Waals surface area contributed by atoms with Crippen LogP contribution >= 0.6 is 11.8 Å². The number of rotatable bonds is 10. The molecule has 45 heavy (non-hydrogen) atoms. The van der Waals surface area contributed by atoms with Gasteiger partial charge in [0.05, 0.1) is 23.0 Å². The molecule has 2 aromatic carbocycles. The fourth-order valence-corrected chi connectivity index (χ4v) is 6.33. The first-order valence-corrected chi connectivity index (χ1v) is 15.9. The van der Waals surface area contributed by atoms with E-state index in [0.717, 1.165) is 55.3 Å². The van der Waals surface area contributed by atoms with Gasteiger partial charge in [-0.1, -0.05) is 51.1 Å². The van der Waals surface area contributed by atoms with Crippen molar-refractivity contribution in [2.75, 3.05) is 0 Å². The molecular formula is C37H40FN3O3S. The molecule has 0 saturated carbocycles. The zero-order valence-electron chi connectivity index (χ0n) is 26.9. The van der Waals surface area contributed by atoms with E-state index in [4.69, 9.17) is 4.74 Å². The normalized spacial score (nSPS) is 12.1. The zero-order valence-corrected chi connectivity index (χ0v) is 27.8. The number of thioether (sulfide) groups is 1. The summed E-state index contributed by atoms with van der Waals surface area (Å²) in [4.78, 5) is 22.3. The van der Waals surface area contributed by atoms with E-state index >= 15 is 0 Å². The monoisotopic (exact) mass is 625 g/mol. The largest absolute Gasteiger partial charge is 0.487 e. The molecule has 0 fully saturated rings. The first kappa shape index (κ1) is 32.2. The molecule has 0 aliphatic rings. The number of hydrogen-bond donors (Lipinski definition) is 1. The SMILES string of the molecule is Cc1ccc(COc2ccc3c(c2)c(SC(C)(C)C)c(CC(C)(C)C(=O)O)n3Cc2ccc(-c3ccc(F)cn3)cc2)nc1C. The molecule has 1 N–H and O–H groups in total. The van der Waals surface area contributed by atoms with E-state index in [2.05, 4.69) is 53.5 Å². The van der Waals surface area contributed by atoms with E-state index in [1.165, 1.54) is 12.3 Å². The Balaban J connectivity index is 1.57. The number of carboxylic acid groups (broad SMARTS) is 1. The third kappa shape index (κ3) is 7.56. The molecular weight excluding hydrogens is 585 g/mol. The molecule has 0 aliphatic carbocycles. The van der Waals surface area contributed by atoms with Gasteiger partial charge in [0, 0.05) is 50.5 Å². The molecule has 0 atom stereocenters. The lowest BCUT2D eigenvalue weighted by Crippen LogP contribution is -2.28. The van der Waals surface area contributed by atoms with Gasteiger partial charge >= 0.3 is 5.97 Å². The fraction of sp³-hybridized carbons (Fsp3) is 0.324. The molecule has 0 unspecified atom stereocenters. The van der Waals surface area contributed by atoms with Crippen LogP contribution in [0.2, 0.25) is 0 Å². The first-order valence-electron chi connectivity index (χ1n) is 15.0. The van der Waals surface area contributed by atoms with E-state index < -0.39 is 11.4 Å². The number of carboxylic acids is 1. The minimum atomic E-state index is -0.980. The number of nitrogens with zero attached hydrogens (tertiary/aromatic N) is 3. The van der Waals surface area contributed by atoms with Gasteiger partial charge in [0.15, 0.2) is 0 Å². The van der Waals surface area contributed by atoms with Crippen LogP contribution in [0, 0.1) is 25.1 Å². The summed E-state index contributed by atoms with van der Waals surface area (Å²) in [6.07, 6.45) is 1.58. The van der Waals surface area contributed by atoms with Gasteiger partial charge in [-0.25, -0.2) is 4.39 Å². The van der Waals surface area contributed by atoms with E-state index in [0.29, 0.717) is 25.3 Å². The Hall–Kier alpha value is -4.17. The van der Waals surface area contributed by atoms with Crippen LogP contribution in [0.15, 0.2) is 77.8 Å². The Labute approximate surface area is 268 Å². The van der Waals surface area contributed by atoms with Crippen LogP contribution in [0.4, 0.5) is 4.39 Å². The molecule has 8 heteroatoms. The Morgan fingerprint density at radius 3 is 2.33 bits per heavy atom. The van der Waals surface area contributed by atoms with Crippen LogP contribution in [0.3, 0.4) is 0 Å². The number of ether oxygens (including phenoxy) is 1. The van der Waals surface area contributed by atoms with Crippen LogP contribution in [-0.2, 0) is 24.4 Å². The highest BCUT2D eigenvalue weighted by Crippen LogP contribution is 2.44. The van der Waals surface area contributed by atoms with E-state index in [-0.39, 0.29) is 10.6 Å². The number of benzene rings is 2. The number of halogens is 1. The number of hydrogen-bond acceptors (Lipinski definition) is 5. The maximum atomic E-state index is 13.4. The predicted molar refractivity (Wildman–Crippen MR) is 179 cm³/mol. The molecule has 0 amide bonds. The van der Waals surface area contributed by atoms with Gasteiger partial charge in [0.2, 0.25) is 0 Å². The molecule has 3 aromatic heterocycles. The third-order valence-electron chi connectivity index (χ3n) is 7.80. The maximum Gasteiger partial charge on any atom is 0.309 e. The summed E-state index contributed by atoms with van der Waals surface area (Å²) in [6, 6.07) is 21.3. The summed E-state index contributed by atoms with van der Waals surface area (Å²) in [5, 5.41) is 11.2. The molecule has 234 valence electrons. The lowest BCUT2D eigenvalue weighted by Gasteiger charge is -2.24. The smallest absolute Gasteiger partial charge is 0.309 e. The Kier molecular flexibility index (Phi) is 9.08. The van der Waals surface area contributed by atoms with Gasteiger partial charge in [-0.05, 0) is 75.2 Å². The van der Waals surface area contributed by atoms with Crippen molar-refractivity contribution in [1.82, 2.24) is 14.5 Å². The highest BCUT2D eigenvalue weighted by Gasteiger charge is 2.33. The highest BCUT2D eigenvalue weighted by molar-refractivity contribution is 8.00. The van der Waals surface area contributed by atoms with Crippen molar-refractivity contribution in [2.24, 2.45) is 5.41 Å². The number of fused-ring (bicyclic) bond motifs is 1. The van der Waals surface area contributed by atoms with Crippen molar-refractivity contribution < 1.29 is 19.0 Å². The zero-order chi connectivity index (χ0) is 32.5. The van der Waals surface area contributed by atoms with Crippen LogP contribution in [0.5, 0.6) is 5.75 Å². The summed E-state index contributed by atoms with van der Waals surface area (Å²) < 4.78 is 21.8. The first-order chi connectivity index (χ1) is 21.2. The predicted octanol–water partition coefficient (Wildman–Crippen LogP) is 9.03. The van der Waals surface area contributed by atoms with Gasteiger partial charge in [-0.2, -0.15) is 0 Å². The van der Waals surface area contributed by atoms with E-state index in [1.807, 2.05) is 50.2 Å².